The molecule has 2 rings (SSSR count). The fourth-order valence-electron chi connectivity index (χ4n) is 1.78. The van der Waals surface area contributed by atoms with Crippen LogP contribution in [0.5, 0.6) is 0 Å². The zero-order valence-electron chi connectivity index (χ0n) is 11.0. The van der Waals surface area contributed by atoms with Crippen LogP contribution in [0.25, 0.3) is 0 Å². The third-order valence-electron chi connectivity index (χ3n) is 2.82. The van der Waals surface area contributed by atoms with Crippen molar-refractivity contribution in [1.29, 1.82) is 0 Å². The lowest BCUT2D eigenvalue weighted by molar-refractivity contribution is 0.581. The number of hydrogen-bond donors (Lipinski definition) is 2. The highest BCUT2D eigenvalue weighted by molar-refractivity contribution is 7.88. The van der Waals surface area contributed by atoms with E-state index in [4.69, 9.17) is 5.73 Å². The molecule has 0 atom stereocenters. The molecule has 0 fully saturated rings. The minimum absolute atomic E-state index is 0.0381. The zero-order valence-corrected chi connectivity index (χ0v) is 11.8. The first-order valence-corrected chi connectivity index (χ1v) is 7.91. The van der Waals surface area contributed by atoms with Crippen molar-refractivity contribution in [2.45, 2.75) is 12.2 Å². The minimum Gasteiger partial charge on any atom is -0.399 e. The van der Waals surface area contributed by atoms with E-state index >= 15 is 0 Å². The Balaban J connectivity index is 1.86. The molecule has 0 radical (unpaired) electrons. The summed E-state index contributed by atoms with van der Waals surface area (Å²) in [5, 5.41) is 0. The van der Waals surface area contributed by atoms with Gasteiger partial charge in [-0.25, -0.2) is 13.1 Å². The van der Waals surface area contributed by atoms with Gasteiger partial charge in [0.2, 0.25) is 10.0 Å². The molecule has 3 N–H and O–H groups in total. The van der Waals surface area contributed by atoms with Crippen LogP contribution in [0.15, 0.2) is 48.8 Å². The number of anilines is 1. The molecule has 106 valence electrons. The third kappa shape index (κ3) is 4.64. The van der Waals surface area contributed by atoms with E-state index in [1.54, 1.807) is 36.7 Å². The highest BCUT2D eigenvalue weighted by Crippen LogP contribution is 2.08. The molecule has 1 aromatic heterocycles. The molecule has 1 aromatic carbocycles. The molecule has 0 unspecified atom stereocenters. The van der Waals surface area contributed by atoms with E-state index in [9.17, 15) is 8.42 Å². The second-order valence-electron chi connectivity index (χ2n) is 4.50. The summed E-state index contributed by atoms with van der Waals surface area (Å²) in [5.41, 5.74) is 7.96. The molecule has 2 aromatic rings. The van der Waals surface area contributed by atoms with Gasteiger partial charge in [0.05, 0.1) is 5.75 Å². The fraction of sp³-hybridized carbons (Fsp3) is 0.214. The van der Waals surface area contributed by atoms with Crippen molar-refractivity contribution >= 4 is 15.7 Å². The summed E-state index contributed by atoms with van der Waals surface area (Å²) in [7, 11) is -3.32. The van der Waals surface area contributed by atoms with E-state index in [0.29, 0.717) is 18.7 Å². The second-order valence-corrected chi connectivity index (χ2v) is 6.31. The molecule has 5 nitrogen and oxygen atoms in total. The number of sulfonamides is 1. The van der Waals surface area contributed by atoms with Crippen LogP contribution >= 0.6 is 0 Å². The van der Waals surface area contributed by atoms with Crippen LogP contribution in [0.1, 0.15) is 11.1 Å². The van der Waals surface area contributed by atoms with Gasteiger partial charge in [-0.1, -0.05) is 12.1 Å². The average Bonchev–Trinajstić information content (AvgIpc) is 2.42. The van der Waals surface area contributed by atoms with Crippen molar-refractivity contribution in [3.63, 3.8) is 0 Å². The molecule has 20 heavy (non-hydrogen) atoms. The smallest absolute Gasteiger partial charge is 0.215 e. The normalized spacial score (nSPS) is 11.4. The number of pyridine rings is 1. The Morgan fingerprint density at radius 1 is 1.00 bits per heavy atom. The SMILES string of the molecule is Nc1ccc(CS(=O)(=O)NCCc2ccncc2)cc1. The topological polar surface area (TPSA) is 85.1 Å². The maximum absolute atomic E-state index is 11.9. The average molecular weight is 291 g/mol. The van der Waals surface area contributed by atoms with Crippen molar-refractivity contribution in [2.75, 3.05) is 12.3 Å². The first-order chi connectivity index (χ1) is 9.55. The van der Waals surface area contributed by atoms with Crippen molar-refractivity contribution in [3.8, 4) is 0 Å². The summed E-state index contributed by atoms with van der Waals surface area (Å²) in [4.78, 5) is 3.92. The van der Waals surface area contributed by atoms with Gasteiger partial charge in [-0.05, 0) is 41.8 Å². The van der Waals surface area contributed by atoms with Gasteiger partial charge in [-0.2, -0.15) is 0 Å². The lowest BCUT2D eigenvalue weighted by atomic mass is 10.2. The molecule has 1 heterocycles. The van der Waals surface area contributed by atoms with Crippen LogP contribution in [0.4, 0.5) is 5.69 Å². The number of aromatic nitrogens is 1. The van der Waals surface area contributed by atoms with E-state index in [-0.39, 0.29) is 5.75 Å². The Hall–Kier alpha value is -1.92. The van der Waals surface area contributed by atoms with Crippen molar-refractivity contribution in [2.24, 2.45) is 0 Å². The summed E-state index contributed by atoms with van der Waals surface area (Å²) in [6.45, 7) is 0.376. The Labute approximate surface area is 118 Å². The molecule has 0 spiro atoms. The van der Waals surface area contributed by atoms with Crippen molar-refractivity contribution in [1.82, 2.24) is 9.71 Å². The van der Waals surface area contributed by atoms with Gasteiger partial charge in [-0.3, -0.25) is 4.98 Å². The summed E-state index contributed by atoms with van der Waals surface area (Å²) in [6.07, 6.45) is 4.03. The van der Waals surface area contributed by atoms with Gasteiger partial charge in [0.1, 0.15) is 0 Å². The van der Waals surface area contributed by atoms with E-state index in [0.717, 1.165) is 11.1 Å². The quantitative estimate of drug-likeness (QED) is 0.786. The number of hydrogen-bond acceptors (Lipinski definition) is 4. The van der Waals surface area contributed by atoms with Gasteiger partial charge >= 0.3 is 0 Å². The molecule has 0 bridgehead atoms. The zero-order chi connectivity index (χ0) is 14.4. The second kappa shape index (κ2) is 6.49. The van der Waals surface area contributed by atoms with Crippen LogP contribution in [-0.4, -0.2) is 19.9 Å². The number of nitrogens with one attached hydrogen (secondary N) is 1. The Morgan fingerprint density at radius 3 is 2.30 bits per heavy atom. The Bertz CT molecular complexity index is 640. The maximum Gasteiger partial charge on any atom is 0.215 e. The van der Waals surface area contributed by atoms with Crippen LogP contribution in [-0.2, 0) is 22.2 Å². The standard InChI is InChI=1S/C14H17N3O2S/c15-14-3-1-13(2-4-14)11-20(18,19)17-10-7-12-5-8-16-9-6-12/h1-6,8-9,17H,7,10-11,15H2. The molecule has 0 saturated carbocycles. The van der Waals surface area contributed by atoms with Crippen LogP contribution in [0.2, 0.25) is 0 Å². The van der Waals surface area contributed by atoms with E-state index in [1.807, 2.05) is 12.1 Å². The first-order valence-electron chi connectivity index (χ1n) is 6.26. The van der Waals surface area contributed by atoms with Gasteiger partial charge in [0.15, 0.2) is 0 Å². The molecule has 6 heteroatoms. The van der Waals surface area contributed by atoms with Crippen LogP contribution in [0, 0.1) is 0 Å². The van der Waals surface area contributed by atoms with Gasteiger partial charge in [-0.15, -0.1) is 0 Å². The highest BCUT2D eigenvalue weighted by atomic mass is 32.2. The molecule has 0 aliphatic rings. The number of rotatable bonds is 6. The lowest BCUT2D eigenvalue weighted by Gasteiger charge is -2.07. The predicted octanol–water partition coefficient (Wildman–Crippen LogP) is 1.33. The number of nitrogen functional groups attached to an aromatic ring is 1. The summed E-state index contributed by atoms with van der Waals surface area (Å²) in [5.74, 6) is -0.0381. The maximum atomic E-state index is 11.9. The number of nitrogens with zero attached hydrogens (tertiary/aromatic N) is 1. The highest BCUT2D eigenvalue weighted by Gasteiger charge is 2.10. The molecular weight excluding hydrogens is 274 g/mol. The number of nitrogens with two attached hydrogens (primary N) is 1. The largest absolute Gasteiger partial charge is 0.399 e. The van der Waals surface area contributed by atoms with Crippen molar-refractivity contribution < 1.29 is 8.42 Å². The van der Waals surface area contributed by atoms with Crippen molar-refractivity contribution in [3.05, 3.63) is 59.9 Å². The summed E-state index contributed by atoms with van der Waals surface area (Å²) >= 11 is 0. The summed E-state index contributed by atoms with van der Waals surface area (Å²) < 4.78 is 26.4. The summed E-state index contributed by atoms with van der Waals surface area (Å²) in [6, 6.07) is 10.6. The lowest BCUT2D eigenvalue weighted by Crippen LogP contribution is -2.27. The molecule has 0 aliphatic heterocycles. The monoisotopic (exact) mass is 291 g/mol. The Kier molecular flexibility index (Phi) is 4.70. The van der Waals surface area contributed by atoms with E-state index in [2.05, 4.69) is 9.71 Å². The molecule has 0 saturated heterocycles. The van der Waals surface area contributed by atoms with Gasteiger partial charge in [0.25, 0.3) is 0 Å². The van der Waals surface area contributed by atoms with E-state index < -0.39 is 10.0 Å². The fourth-order valence-corrected chi connectivity index (χ4v) is 2.93. The van der Waals surface area contributed by atoms with Crippen LogP contribution in [0.3, 0.4) is 0 Å². The minimum atomic E-state index is -3.32. The molecule has 0 amide bonds. The third-order valence-corrected chi connectivity index (χ3v) is 4.18. The molecule has 0 aliphatic carbocycles. The van der Waals surface area contributed by atoms with Gasteiger partial charge < -0.3 is 5.73 Å². The molecular formula is C14H17N3O2S. The van der Waals surface area contributed by atoms with Crippen LogP contribution < -0.4 is 10.5 Å². The first kappa shape index (κ1) is 14.5. The van der Waals surface area contributed by atoms with Gasteiger partial charge in [0, 0.05) is 24.6 Å². The Morgan fingerprint density at radius 2 is 1.65 bits per heavy atom. The number of benzene rings is 1. The van der Waals surface area contributed by atoms with E-state index in [1.165, 1.54) is 0 Å². The predicted molar refractivity (Wildman–Crippen MR) is 79.4 cm³/mol.